The number of carboxylic acids is 1. The smallest absolute Gasteiger partial charge is 0.305 e. The van der Waals surface area contributed by atoms with Crippen LogP contribution in [0.15, 0.2) is 48.5 Å². The van der Waals surface area contributed by atoms with Gasteiger partial charge in [-0.25, -0.2) is 0 Å². The Morgan fingerprint density at radius 1 is 1.04 bits per heavy atom. The van der Waals surface area contributed by atoms with Gasteiger partial charge in [0, 0.05) is 0 Å². The number of carboxylic acid groups (broad SMARTS) is 1. The Morgan fingerprint density at radius 2 is 1.67 bits per heavy atom. The minimum Gasteiger partial charge on any atom is -0.481 e. The fraction of sp³-hybridized carbons (Fsp3) is 0.300. The van der Waals surface area contributed by atoms with Crippen LogP contribution in [0.2, 0.25) is 0 Å². The van der Waals surface area contributed by atoms with E-state index < -0.39 is 12.0 Å². The van der Waals surface area contributed by atoms with Crippen molar-refractivity contribution >= 4 is 11.9 Å². The summed E-state index contributed by atoms with van der Waals surface area (Å²) in [6.07, 6.45) is 0.984. The Hall–Kier alpha value is -2.62. The van der Waals surface area contributed by atoms with Crippen LogP contribution in [0, 0.1) is 6.92 Å². The standard InChI is InChI=1S/C20H23NO3/c1-3-15-9-5-6-10-16(15)12-19(22)21-18(13-20(23)24)17-11-7-4-8-14(17)2/h4-11,18H,3,12-13H2,1-2H3,(H,21,22)(H,23,24). The van der Waals surface area contributed by atoms with Crippen molar-refractivity contribution in [3.63, 3.8) is 0 Å². The average Bonchev–Trinajstić information content (AvgIpc) is 2.54. The van der Waals surface area contributed by atoms with Crippen molar-refractivity contribution < 1.29 is 14.7 Å². The van der Waals surface area contributed by atoms with Crippen molar-refractivity contribution in [2.75, 3.05) is 0 Å². The number of benzene rings is 2. The first kappa shape index (κ1) is 17.7. The van der Waals surface area contributed by atoms with E-state index in [4.69, 9.17) is 5.11 Å². The zero-order chi connectivity index (χ0) is 17.5. The Labute approximate surface area is 142 Å². The fourth-order valence-corrected chi connectivity index (χ4v) is 2.88. The van der Waals surface area contributed by atoms with Crippen molar-refractivity contribution in [1.29, 1.82) is 0 Å². The molecule has 0 radical (unpaired) electrons. The summed E-state index contributed by atoms with van der Waals surface area (Å²) < 4.78 is 0. The molecule has 0 aromatic heterocycles. The van der Waals surface area contributed by atoms with Crippen LogP contribution in [-0.2, 0) is 22.4 Å². The Bertz CT molecular complexity index is 724. The number of amides is 1. The molecule has 0 bridgehead atoms. The van der Waals surface area contributed by atoms with Crippen molar-refractivity contribution in [1.82, 2.24) is 5.32 Å². The lowest BCUT2D eigenvalue weighted by Crippen LogP contribution is -2.32. The molecular formula is C20H23NO3. The van der Waals surface area contributed by atoms with Crippen LogP contribution in [0.1, 0.15) is 41.6 Å². The molecule has 0 aliphatic rings. The lowest BCUT2D eigenvalue weighted by Gasteiger charge is -2.20. The molecule has 24 heavy (non-hydrogen) atoms. The van der Waals surface area contributed by atoms with Gasteiger partial charge >= 0.3 is 5.97 Å². The van der Waals surface area contributed by atoms with E-state index >= 15 is 0 Å². The molecule has 2 aromatic carbocycles. The summed E-state index contributed by atoms with van der Waals surface area (Å²) in [5.41, 5.74) is 3.93. The van der Waals surface area contributed by atoms with Crippen LogP contribution in [0.4, 0.5) is 0 Å². The molecule has 126 valence electrons. The first-order chi connectivity index (χ1) is 11.5. The van der Waals surface area contributed by atoms with Crippen LogP contribution in [0.3, 0.4) is 0 Å². The molecule has 2 rings (SSSR count). The van der Waals surface area contributed by atoms with Crippen LogP contribution in [0.25, 0.3) is 0 Å². The Balaban J connectivity index is 2.16. The third-order valence-corrected chi connectivity index (χ3v) is 4.13. The normalized spacial score (nSPS) is 11.8. The first-order valence-corrected chi connectivity index (χ1v) is 8.14. The number of hydrogen-bond donors (Lipinski definition) is 2. The SMILES string of the molecule is CCc1ccccc1CC(=O)NC(CC(=O)O)c1ccccc1C. The lowest BCUT2D eigenvalue weighted by atomic mass is 9.97. The third-order valence-electron chi connectivity index (χ3n) is 4.13. The van der Waals surface area contributed by atoms with E-state index in [-0.39, 0.29) is 18.7 Å². The maximum Gasteiger partial charge on any atom is 0.305 e. The number of carbonyl (C=O) groups is 2. The van der Waals surface area contributed by atoms with Gasteiger partial charge in [0.25, 0.3) is 0 Å². The van der Waals surface area contributed by atoms with Gasteiger partial charge in [0.1, 0.15) is 0 Å². The topological polar surface area (TPSA) is 66.4 Å². The predicted octanol–water partition coefficient (Wildman–Crippen LogP) is 3.43. The van der Waals surface area contributed by atoms with E-state index in [0.717, 1.165) is 28.7 Å². The number of nitrogens with one attached hydrogen (secondary N) is 1. The Kier molecular flexibility index (Phi) is 6.13. The van der Waals surface area contributed by atoms with Crippen molar-refractivity contribution in [2.24, 2.45) is 0 Å². The molecule has 0 spiro atoms. The minimum absolute atomic E-state index is 0.133. The zero-order valence-electron chi connectivity index (χ0n) is 14.1. The van der Waals surface area contributed by atoms with Gasteiger partial charge in [-0.05, 0) is 35.6 Å². The van der Waals surface area contributed by atoms with Gasteiger partial charge in [0.2, 0.25) is 5.91 Å². The molecule has 1 unspecified atom stereocenters. The van der Waals surface area contributed by atoms with Crippen molar-refractivity contribution in [3.05, 3.63) is 70.8 Å². The molecule has 0 aliphatic carbocycles. The van der Waals surface area contributed by atoms with Gasteiger partial charge in [0.15, 0.2) is 0 Å². The molecule has 0 aliphatic heterocycles. The fourth-order valence-electron chi connectivity index (χ4n) is 2.88. The van der Waals surface area contributed by atoms with Gasteiger partial charge in [-0.2, -0.15) is 0 Å². The second-order valence-electron chi connectivity index (χ2n) is 5.87. The summed E-state index contributed by atoms with van der Waals surface area (Å²) in [6.45, 7) is 3.97. The average molecular weight is 325 g/mol. The van der Waals surface area contributed by atoms with E-state index in [1.807, 2.05) is 55.5 Å². The Morgan fingerprint density at radius 3 is 2.29 bits per heavy atom. The van der Waals surface area contributed by atoms with Gasteiger partial charge in [0.05, 0.1) is 18.9 Å². The number of rotatable bonds is 7. The third kappa shape index (κ3) is 4.69. The van der Waals surface area contributed by atoms with Crippen LogP contribution >= 0.6 is 0 Å². The van der Waals surface area contributed by atoms with E-state index in [9.17, 15) is 9.59 Å². The molecule has 2 N–H and O–H groups in total. The van der Waals surface area contributed by atoms with Crippen LogP contribution < -0.4 is 5.32 Å². The highest BCUT2D eigenvalue weighted by molar-refractivity contribution is 5.80. The second kappa shape index (κ2) is 8.29. The monoisotopic (exact) mass is 325 g/mol. The number of hydrogen-bond acceptors (Lipinski definition) is 2. The lowest BCUT2D eigenvalue weighted by molar-refractivity contribution is -0.137. The van der Waals surface area contributed by atoms with Gasteiger partial charge in [-0.3, -0.25) is 9.59 Å². The van der Waals surface area contributed by atoms with Crippen LogP contribution in [-0.4, -0.2) is 17.0 Å². The highest BCUT2D eigenvalue weighted by Gasteiger charge is 2.20. The number of carbonyl (C=O) groups excluding carboxylic acids is 1. The summed E-state index contributed by atoms with van der Waals surface area (Å²) >= 11 is 0. The van der Waals surface area contributed by atoms with E-state index in [1.165, 1.54) is 0 Å². The second-order valence-corrected chi connectivity index (χ2v) is 5.87. The molecule has 1 amide bonds. The maximum absolute atomic E-state index is 12.5. The maximum atomic E-state index is 12.5. The van der Waals surface area contributed by atoms with Crippen molar-refractivity contribution in [2.45, 2.75) is 39.2 Å². The highest BCUT2D eigenvalue weighted by Crippen LogP contribution is 2.21. The summed E-state index contributed by atoms with van der Waals surface area (Å²) in [4.78, 5) is 23.6. The molecule has 0 saturated heterocycles. The van der Waals surface area contributed by atoms with E-state index in [2.05, 4.69) is 12.2 Å². The minimum atomic E-state index is -0.933. The summed E-state index contributed by atoms with van der Waals surface area (Å²) in [5.74, 6) is -1.09. The van der Waals surface area contributed by atoms with E-state index in [1.54, 1.807) is 0 Å². The van der Waals surface area contributed by atoms with Gasteiger partial charge in [-0.15, -0.1) is 0 Å². The zero-order valence-corrected chi connectivity index (χ0v) is 14.1. The molecule has 0 saturated carbocycles. The quantitative estimate of drug-likeness (QED) is 0.819. The molecule has 4 nitrogen and oxygen atoms in total. The predicted molar refractivity (Wildman–Crippen MR) is 93.8 cm³/mol. The highest BCUT2D eigenvalue weighted by atomic mass is 16.4. The summed E-state index contributed by atoms with van der Waals surface area (Å²) in [5, 5.41) is 12.1. The van der Waals surface area contributed by atoms with Crippen molar-refractivity contribution in [3.8, 4) is 0 Å². The first-order valence-electron chi connectivity index (χ1n) is 8.14. The van der Waals surface area contributed by atoms with Gasteiger partial charge in [-0.1, -0.05) is 55.5 Å². The molecule has 1 atom stereocenters. The molecule has 2 aromatic rings. The molecule has 4 heteroatoms. The molecule has 0 fully saturated rings. The van der Waals surface area contributed by atoms with Crippen LogP contribution in [0.5, 0.6) is 0 Å². The summed E-state index contributed by atoms with van der Waals surface area (Å²) in [6, 6.07) is 14.8. The van der Waals surface area contributed by atoms with E-state index in [0.29, 0.717) is 0 Å². The summed E-state index contributed by atoms with van der Waals surface area (Å²) in [7, 11) is 0. The largest absolute Gasteiger partial charge is 0.481 e. The molecular weight excluding hydrogens is 302 g/mol. The molecule has 0 heterocycles. The number of aliphatic carboxylic acids is 1. The number of aryl methyl sites for hydroxylation is 2. The van der Waals surface area contributed by atoms with Gasteiger partial charge < -0.3 is 10.4 Å².